The molecule has 0 saturated heterocycles. The highest BCUT2D eigenvalue weighted by Crippen LogP contribution is 2.30. The van der Waals surface area contributed by atoms with Gasteiger partial charge in [0, 0.05) is 11.7 Å². The van der Waals surface area contributed by atoms with Gasteiger partial charge in [-0.25, -0.2) is 0 Å². The van der Waals surface area contributed by atoms with Crippen LogP contribution in [0.1, 0.15) is 12.8 Å². The number of hydrogen-bond acceptors (Lipinski definition) is 3. The van der Waals surface area contributed by atoms with Gasteiger partial charge >= 0.3 is 6.18 Å². The first-order valence-corrected chi connectivity index (χ1v) is 6.78. The van der Waals surface area contributed by atoms with Crippen molar-refractivity contribution in [1.29, 1.82) is 0 Å². The molecule has 1 saturated carbocycles. The molecule has 0 unspecified atom stereocenters. The second kappa shape index (κ2) is 6.11. The van der Waals surface area contributed by atoms with Gasteiger partial charge in [-0.05, 0) is 31.0 Å². The van der Waals surface area contributed by atoms with Crippen molar-refractivity contribution in [1.82, 2.24) is 4.90 Å². The number of benzene rings is 1. The highest BCUT2D eigenvalue weighted by atomic mass is 35.5. The van der Waals surface area contributed by atoms with Gasteiger partial charge < -0.3 is 11.1 Å². The van der Waals surface area contributed by atoms with Gasteiger partial charge in [-0.15, -0.1) is 0 Å². The Morgan fingerprint density at radius 2 is 2.10 bits per heavy atom. The fourth-order valence-corrected chi connectivity index (χ4v) is 2.16. The van der Waals surface area contributed by atoms with E-state index in [1.807, 2.05) is 0 Å². The molecule has 8 heteroatoms. The van der Waals surface area contributed by atoms with Crippen LogP contribution in [0.25, 0.3) is 0 Å². The van der Waals surface area contributed by atoms with Crippen LogP contribution in [0.3, 0.4) is 0 Å². The van der Waals surface area contributed by atoms with Gasteiger partial charge in [0.2, 0.25) is 5.91 Å². The van der Waals surface area contributed by atoms with Crippen molar-refractivity contribution in [3.63, 3.8) is 0 Å². The zero-order valence-corrected chi connectivity index (χ0v) is 11.8. The molecule has 0 radical (unpaired) electrons. The van der Waals surface area contributed by atoms with Gasteiger partial charge in [-0.1, -0.05) is 11.6 Å². The molecule has 4 nitrogen and oxygen atoms in total. The van der Waals surface area contributed by atoms with E-state index in [1.54, 1.807) is 6.07 Å². The first-order chi connectivity index (χ1) is 9.74. The third-order valence-corrected chi connectivity index (χ3v) is 3.39. The molecule has 1 aliphatic rings. The van der Waals surface area contributed by atoms with Crippen LogP contribution < -0.4 is 11.1 Å². The fraction of sp³-hybridized carbons (Fsp3) is 0.462. The summed E-state index contributed by atoms with van der Waals surface area (Å²) >= 11 is 5.89. The molecule has 1 aromatic rings. The number of hydrogen-bond donors (Lipinski definition) is 2. The minimum absolute atomic E-state index is 0.173. The summed E-state index contributed by atoms with van der Waals surface area (Å²) in [6, 6.07) is 4.37. The SMILES string of the molecule is Nc1ccc(Cl)c(NC(=O)CN(CC(F)(F)F)C2CC2)c1. The highest BCUT2D eigenvalue weighted by molar-refractivity contribution is 6.33. The van der Waals surface area contributed by atoms with Crippen molar-refractivity contribution < 1.29 is 18.0 Å². The van der Waals surface area contributed by atoms with Crippen molar-refractivity contribution in [3.05, 3.63) is 23.2 Å². The number of nitrogen functional groups attached to an aromatic ring is 1. The Labute approximate surface area is 125 Å². The minimum atomic E-state index is -4.32. The lowest BCUT2D eigenvalue weighted by Crippen LogP contribution is -2.41. The average Bonchev–Trinajstić information content (AvgIpc) is 3.15. The third kappa shape index (κ3) is 5.09. The first kappa shape index (κ1) is 15.9. The van der Waals surface area contributed by atoms with Gasteiger partial charge in [0.1, 0.15) is 0 Å². The van der Waals surface area contributed by atoms with E-state index in [0.717, 1.165) is 4.90 Å². The molecule has 0 aromatic heterocycles. The third-order valence-electron chi connectivity index (χ3n) is 3.06. The van der Waals surface area contributed by atoms with Gasteiger partial charge in [0.15, 0.2) is 0 Å². The molecule has 1 amide bonds. The van der Waals surface area contributed by atoms with Gasteiger partial charge in [0.05, 0.1) is 23.8 Å². The number of anilines is 2. The fourth-order valence-electron chi connectivity index (χ4n) is 2.00. The Bertz CT molecular complexity index is 532. The normalized spacial score (nSPS) is 15.3. The van der Waals surface area contributed by atoms with E-state index in [0.29, 0.717) is 24.2 Å². The lowest BCUT2D eigenvalue weighted by Gasteiger charge is -2.22. The van der Waals surface area contributed by atoms with Crippen molar-refractivity contribution in [2.24, 2.45) is 0 Å². The number of carbonyl (C=O) groups excluding carboxylic acids is 1. The molecular weight excluding hydrogens is 307 g/mol. The van der Waals surface area contributed by atoms with Crippen LogP contribution in [0, 0.1) is 0 Å². The number of nitrogens with two attached hydrogens (primary N) is 1. The molecule has 1 fully saturated rings. The van der Waals surface area contributed by atoms with Crippen molar-refractivity contribution in [2.45, 2.75) is 25.1 Å². The summed E-state index contributed by atoms with van der Waals surface area (Å²) in [5.74, 6) is -0.543. The van der Waals surface area contributed by atoms with E-state index < -0.39 is 18.6 Å². The standard InChI is InChI=1S/C13H15ClF3N3O/c14-10-4-1-8(18)5-11(10)19-12(21)6-20(9-2-3-9)7-13(15,16)17/h1,4-5,9H,2-3,6-7,18H2,(H,19,21). The number of alkyl halides is 3. The van der Waals surface area contributed by atoms with Crippen molar-refractivity contribution in [3.8, 4) is 0 Å². The molecule has 0 heterocycles. The molecule has 0 bridgehead atoms. The lowest BCUT2D eigenvalue weighted by atomic mass is 10.2. The largest absolute Gasteiger partial charge is 0.401 e. The number of nitrogens with one attached hydrogen (secondary N) is 1. The molecule has 0 spiro atoms. The summed E-state index contributed by atoms with van der Waals surface area (Å²) in [5.41, 5.74) is 6.28. The minimum Gasteiger partial charge on any atom is -0.399 e. The second-order valence-electron chi connectivity index (χ2n) is 5.04. The van der Waals surface area contributed by atoms with Crippen LogP contribution in [0.4, 0.5) is 24.5 Å². The maximum Gasteiger partial charge on any atom is 0.401 e. The Hall–Kier alpha value is -1.47. The average molecular weight is 322 g/mol. The monoisotopic (exact) mass is 321 g/mol. The lowest BCUT2D eigenvalue weighted by molar-refractivity contribution is -0.149. The predicted molar refractivity (Wildman–Crippen MR) is 75.1 cm³/mol. The second-order valence-corrected chi connectivity index (χ2v) is 5.45. The zero-order chi connectivity index (χ0) is 15.6. The molecule has 1 aliphatic carbocycles. The first-order valence-electron chi connectivity index (χ1n) is 6.40. The summed E-state index contributed by atoms with van der Waals surface area (Å²) in [6.45, 7) is -1.41. The Morgan fingerprint density at radius 1 is 1.43 bits per heavy atom. The summed E-state index contributed by atoms with van der Waals surface area (Å²) < 4.78 is 37.4. The summed E-state index contributed by atoms with van der Waals surface area (Å²) in [6.07, 6.45) is -2.96. The maximum absolute atomic E-state index is 12.5. The molecule has 1 aromatic carbocycles. The zero-order valence-electron chi connectivity index (χ0n) is 11.1. The number of amides is 1. The van der Waals surface area contributed by atoms with Crippen molar-refractivity contribution in [2.75, 3.05) is 24.1 Å². The van der Waals surface area contributed by atoms with Crippen LogP contribution in [0.15, 0.2) is 18.2 Å². The van der Waals surface area contributed by atoms with Gasteiger partial charge in [-0.3, -0.25) is 9.69 Å². The number of halogens is 4. The maximum atomic E-state index is 12.5. The quantitative estimate of drug-likeness (QED) is 0.820. The topological polar surface area (TPSA) is 58.4 Å². The van der Waals surface area contributed by atoms with E-state index in [-0.39, 0.29) is 17.6 Å². The number of carbonyl (C=O) groups is 1. The summed E-state index contributed by atoms with van der Waals surface area (Å²) in [7, 11) is 0. The number of nitrogens with zero attached hydrogens (tertiary/aromatic N) is 1. The van der Waals surface area contributed by atoms with Crippen LogP contribution in [0.2, 0.25) is 5.02 Å². The van der Waals surface area contributed by atoms with Crippen LogP contribution in [-0.2, 0) is 4.79 Å². The summed E-state index contributed by atoms with van der Waals surface area (Å²) in [5, 5.41) is 2.77. The van der Waals surface area contributed by atoms with E-state index in [2.05, 4.69) is 5.32 Å². The van der Waals surface area contributed by atoms with E-state index >= 15 is 0 Å². The molecule has 0 aliphatic heterocycles. The van der Waals surface area contributed by atoms with E-state index in [9.17, 15) is 18.0 Å². The van der Waals surface area contributed by atoms with E-state index in [4.69, 9.17) is 17.3 Å². The van der Waals surface area contributed by atoms with Gasteiger partial charge in [-0.2, -0.15) is 13.2 Å². The van der Waals surface area contributed by atoms with Crippen LogP contribution >= 0.6 is 11.6 Å². The van der Waals surface area contributed by atoms with Crippen LogP contribution in [0.5, 0.6) is 0 Å². The molecular formula is C13H15ClF3N3O. The smallest absolute Gasteiger partial charge is 0.399 e. The highest BCUT2D eigenvalue weighted by Gasteiger charge is 2.38. The van der Waals surface area contributed by atoms with Crippen molar-refractivity contribution >= 4 is 28.9 Å². The Balaban J connectivity index is 1.97. The molecule has 116 valence electrons. The van der Waals surface area contributed by atoms with E-state index in [1.165, 1.54) is 12.1 Å². The Morgan fingerprint density at radius 3 is 2.67 bits per heavy atom. The molecule has 21 heavy (non-hydrogen) atoms. The van der Waals surface area contributed by atoms with Crippen LogP contribution in [-0.4, -0.2) is 36.1 Å². The molecule has 0 atom stereocenters. The molecule has 2 rings (SSSR count). The summed E-state index contributed by atoms with van der Waals surface area (Å²) in [4.78, 5) is 13.0. The van der Waals surface area contributed by atoms with Gasteiger partial charge in [0.25, 0.3) is 0 Å². The molecule has 3 N–H and O–H groups in total. The Kier molecular flexibility index (Phi) is 4.63. The number of rotatable bonds is 5. The predicted octanol–water partition coefficient (Wildman–Crippen LogP) is 2.89.